The number of benzene rings is 2. The number of nitrogens with one attached hydrogen (secondary N) is 1. The molecule has 6 nitrogen and oxygen atoms in total. The van der Waals surface area contributed by atoms with E-state index in [2.05, 4.69) is 11.8 Å². The maximum Gasteiger partial charge on any atom is 0.303 e. The van der Waals surface area contributed by atoms with Gasteiger partial charge >= 0.3 is 10.2 Å². The summed E-state index contributed by atoms with van der Waals surface area (Å²) in [7, 11) is -1.30. The van der Waals surface area contributed by atoms with Crippen molar-refractivity contribution in [2.45, 2.75) is 0 Å². The highest BCUT2D eigenvalue weighted by Crippen LogP contribution is 2.20. The van der Waals surface area contributed by atoms with Crippen molar-refractivity contribution < 1.29 is 17.6 Å². The summed E-state index contributed by atoms with van der Waals surface area (Å²) in [5.74, 6) is 4.79. The predicted molar refractivity (Wildman–Crippen MR) is 108 cm³/mol. The third-order valence-electron chi connectivity index (χ3n) is 4.03. The summed E-state index contributed by atoms with van der Waals surface area (Å²) in [6, 6.07) is 14.2. The molecule has 29 heavy (non-hydrogen) atoms. The van der Waals surface area contributed by atoms with Crippen molar-refractivity contribution in [1.29, 1.82) is 0 Å². The number of nitrogens with zero attached hydrogens (tertiary/aromatic N) is 2. The first-order valence-electron chi connectivity index (χ1n) is 8.56. The molecule has 0 aliphatic heterocycles. The number of para-hydroxylation sites is 1. The minimum Gasteiger partial charge on any atom is -0.322 e. The fourth-order valence-corrected chi connectivity index (χ4v) is 3.05. The van der Waals surface area contributed by atoms with Crippen LogP contribution in [0.1, 0.15) is 21.5 Å². The van der Waals surface area contributed by atoms with Crippen LogP contribution in [0.2, 0.25) is 0 Å². The van der Waals surface area contributed by atoms with Gasteiger partial charge in [-0.3, -0.25) is 4.79 Å². The molecule has 1 N–H and O–H groups in total. The molecule has 1 aromatic heterocycles. The van der Waals surface area contributed by atoms with Crippen LogP contribution in [0, 0.1) is 17.7 Å². The minimum absolute atomic E-state index is 0.150. The van der Waals surface area contributed by atoms with Crippen LogP contribution in [0.5, 0.6) is 0 Å². The molecular formula is C21H18FN3O3S. The summed E-state index contributed by atoms with van der Waals surface area (Å²) in [6.07, 6.45) is 3.46. The molecule has 0 atom stereocenters. The number of aromatic nitrogens is 1. The van der Waals surface area contributed by atoms with Gasteiger partial charge in [0.2, 0.25) is 0 Å². The molecule has 0 aliphatic carbocycles. The normalized spacial score (nSPS) is 11.0. The van der Waals surface area contributed by atoms with Gasteiger partial charge in [-0.25, -0.2) is 9.11 Å². The Morgan fingerprint density at radius 2 is 1.66 bits per heavy atom. The number of carbonyl (C=O) groups is 1. The number of hydrogen-bond donors (Lipinski definition) is 1. The predicted octanol–water partition coefficient (Wildman–Crippen LogP) is 2.55. The molecule has 148 valence electrons. The molecule has 0 saturated carbocycles. The summed E-state index contributed by atoms with van der Waals surface area (Å²) < 4.78 is 41.9. The average molecular weight is 411 g/mol. The summed E-state index contributed by atoms with van der Waals surface area (Å²) in [4.78, 5) is 12.7. The largest absolute Gasteiger partial charge is 0.322 e. The topological polar surface area (TPSA) is 71.4 Å². The highest BCUT2D eigenvalue weighted by atomic mass is 32.2. The minimum atomic E-state index is -3.95. The lowest BCUT2D eigenvalue weighted by atomic mass is 10.1. The van der Waals surface area contributed by atoms with Crippen molar-refractivity contribution in [3.63, 3.8) is 0 Å². The SMILES string of the molecule is CN(C)S(=O)(=O)NC(=O)c1cccc(C#Cc2ccc(F)cc2)c1-n1cccc1. The molecule has 0 bridgehead atoms. The van der Waals surface area contributed by atoms with Gasteiger partial charge in [-0.2, -0.15) is 12.7 Å². The van der Waals surface area contributed by atoms with E-state index in [9.17, 15) is 17.6 Å². The first-order valence-corrected chi connectivity index (χ1v) is 10.0. The van der Waals surface area contributed by atoms with Crippen LogP contribution in [0.3, 0.4) is 0 Å². The lowest BCUT2D eigenvalue weighted by molar-refractivity contribution is 0.0979. The molecule has 1 heterocycles. The van der Waals surface area contributed by atoms with Gasteiger partial charge in [0.15, 0.2) is 0 Å². The highest BCUT2D eigenvalue weighted by Gasteiger charge is 2.22. The number of carbonyl (C=O) groups excluding carboxylic acids is 1. The van der Waals surface area contributed by atoms with Crippen molar-refractivity contribution in [3.05, 3.63) is 89.5 Å². The molecule has 0 radical (unpaired) electrons. The van der Waals surface area contributed by atoms with Crippen LogP contribution in [0.15, 0.2) is 67.0 Å². The molecular weight excluding hydrogens is 393 g/mol. The Morgan fingerprint density at radius 1 is 1.00 bits per heavy atom. The second-order valence-electron chi connectivity index (χ2n) is 6.27. The molecule has 0 spiro atoms. The summed E-state index contributed by atoms with van der Waals surface area (Å²) in [6.45, 7) is 0. The van der Waals surface area contributed by atoms with E-state index in [0.717, 1.165) is 4.31 Å². The third-order valence-corrected chi connectivity index (χ3v) is 5.44. The van der Waals surface area contributed by atoms with E-state index in [1.807, 2.05) is 4.72 Å². The summed E-state index contributed by atoms with van der Waals surface area (Å²) >= 11 is 0. The lowest BCUT2D eigenvalue weighted by Gasteiger charge is -2.15. The van der Waals surface area contributed by atoms with Crippen LogP contribution < -0.4 is 4.72 Å². The Hall–Kier alpha value is -3.41. The van der Waals surface area contributed by atoms with Crippen LogP contribution in [0.4, 0.5) is 4.39 Å². The van der Waals surface area contributed by atoms with E-state index in [0.29, 0.717) is 16.8 Å². The van der Waals surface area contributed by atoms with Gasteiger partial charge < -0.3 is 4.57 Å². The molecule has 0 fully saturated rings. The van der Waals surface area contributed by atoms with Crippen molar-refractivity contribution in [1.82, 2.24) is 13.6 Å². The molecule has 0 aliphatic rings. The molecule has 3 rings (SSSR count). The highest BCUT2D eigenvalue weighted by molar-refractivity contribution is 7.87. The molecule has 1 amide bonds. The smallest absolute Gasteiger partial charge is 0.303 e. The van der Waals surface area contributed by atoms with E-state index < -0.39 is 16.1 Å². The third kappa shape index (κ3) is 4.71. The van der Waals surface area contributed by atoms with Gasteiger partial charge in [0, 0.05) is 37.6 Å². The fraction of sp³-hybridized carbons (Fsp3) is 0.0952. The number of hydrogen-bond acceptors (Lipinski definition) is 3. The Labute approximate surface area is 168 Å². The van der Waals surface area contributed by atoms with Crippen LogP contribution in [0.25, 0.3) is 5.69 Å². The summed E-state index contributed by atoms with van der Waals surface area (Å²) in [5.41, 5.74) is 1.71. The van der Waals surface area contributed by atoms with Gasteiger partial charge in [0.25, 0.3) is 5.91 Å². The standard InChI is InChI=1S/C21H18FN3O3S/c1-24(2)29(27,28)23-21(26)19-7-5-6-17(20(19)25-14-3-4-15-25)11-8-16-9-12-18(22)13-10-16/h3-7,9-10,12-15H,1-2H3,(H,23,26). The van der Waals surface area contributed by atoms with E-state index in [-0.39, 0.29) is 11.4 Å². The molecule has 0 saturated heterocycles. The molecule has 0 unspecified atom stereocenters. The number of amides is 1. The molecule has 3 aromatic rings. The van der Waals surface area contributed by atoms with Crippen LogP contribution in [-0.2, 0) is 10.2 Å². The van der Waals surface area contributed by atoms with E-state index in [1.54, 1.807) is 53.4 Å². The quantitative estimate of drug-likeness (QED) is 0.671. The van der Waals surface area contributed by atoms with Gasteiger partial charge in [0.05, 0.1) is 11.3 Å². The van der Waals surface area contributed by atoms with Gasteiger partial charge in [-0.05, 0) is 48.5 Å². The molecule has 8 heteroatoms. The van der Waals surface area contributed by atoms with Crippen LogP contribution >= 0.6 is 0 Å². The monoisotopic (exact) mass is 411 g/mol. The summed E-state index contributed by atoms with van der Waals surface area (Å²) in [5, 5.41) is 0. The molecule has 2 aromatic carbocycles. The lowest BCUT2D eigenvalue weighted by Crippen LogP contribution is -2.39. The Balaban J connectivity index is 2.08. The second kappa shape index (κ2) is 8.31. The van der Waals surface area contributed by atoms with Crippen molar-refractivity contribution in [2.75, 3.05) is 14.1 Å². The van der Waals surface area contributed by atoms with Crippen molar-refractivity contribution in [2.24, 2.45) is 0 Å². The maximum absolute atomic E-state index is 13.1. The van der Waals surface area contributed by atoms with Gasteiger partial charge in [0.1, 0.15) is 5.82 Å². The number of rotatable bonds is 4. The van der Waals surface area contributed by atoms with Gasteiger partial charge in [-0.1, -0.05) is 17.9 Å². The average Bonchev–Trinajstić information content (AvgIpc) is 3.21. The van der Waals surface area contributed by atoms with Crippen molar-refractivity contribution in [3.8, 4) is 17.5 Å². The second-order valence-corrected chi connectivity index (χ2v) is 8.15. The Kier molecular flexibility index (Phi) is 5.82. The maximum atomic E-state index is 13.1. The number of halogens is 1. The van der Waals surface area contributed by atoms with Crippen LogP contribution in [-0.4, -0.2) is 37.3 Å². The Bertz CT molecular complexity index is 1190. The van der Waals surface area contributed by atoms with E-state index in [1.165, 1.54) is 32.3 Å². The van der Waals surface area contributed by atoms with E-state index >= 15 is 0 Å². The first kappa shape index (κ1) is 20.3. The Morgan fingerprint density at radius 3 is 2.28 bits per heavy atom. The van der Waals surface area contributed by atoms with Gasteiger partial charge in [-0.15, -0.1) is 0 Å². The zero-order valence-corrected chi connectivity index (χ0v) is 16.6. The fourth-order valence-electron chi connectivity index (χ4n) is 2.53. The van der Waals surface area contributed by atoms with Crippen molar-refractivity contribution >= 4 is 16.1 Å². The zero-order valence-electron chi connectivity index (χ0n) is 15.8. The van der Waals surface area contributed by atoms with E-state index in [4.69, 9.17) is 0 Å². The zero-order chi connectivity index (χ0) is 21.0. The first-order chi connectivity index (χ1) is 13.8.